The van der Waals surface area contributed by atoms with Crippen molar-refractivity contribution in [3.8, 4) is 0 Å². The number of rotatable bonds is 16. The number of ether oxygens (including phenoxy) is 2. The second kappa shape index (κ2) is 44.9. The first-order chi connectivity index (χ1) is 17.7. The van der Waals surface area contributed by atoms with Crippen molar-refractivity contribution in [3.05, 3.63) is 0 Å². The SMILES string of the molecule is C.C.C.C.C.C.C.C.C.CCC(F)(F)F.CCCCCC(C)C(C)(CCCCC)C(CC)(OC)C(CC)OC.F.O=S(=O)(Cl)CC(F)(F)F.[2HH].[B].[H-]. The van der Waals surface area contributed by atoms with Crippen LogP contribution in [-0.2, 0) is 18.5 Å². The zero-order valence-electron chi connectivity index (χ0n) is 27.3. The highest BCUT2D eigenvalue weighted by atomic mass is 35.7. The van der Waals surface area contributed by atoms with E-state index in [1.54, 1.807) is 0 Å². The number of hydrogen-bond acceptors (Lipinski definition) is 4. The lowest BCUT2D eigenvalue weighted by molar-refractivity contribution is -0.206. The summed E-state index contributed by atoms with van der Waals surface area (Å²) in [5.41, 5.74) is -0.0496. The van der Waals surface area contributed by atoms with Gasteiger partial charge in [-0.1, -0.05) is 160 Å². The topological polar surface area (TPSA) is 52.6 Å². The fraction of sp³-hybridized carbons (Fsp3) is 1.00. The summed E-state index contributed by atoms with van der Waals surface area (Å²) in [7, 11) is 3.59. The molecule has 0 aromatic heterocycles. The molecule has 0 fully saturated rings. The molecule has 0 heterocycles. The highest BCUT2D eigenvalue weighted by Gasteiger charge is 2.54. The number of alkyl halides is 6. The molecule has 3 radical (unpaired) electrons. The van der Waals surface area contributed by atoms with Crippen LogP contribution in [0.15, 0.2) is 0 Å². The van der Waals surface area contributed by atoms with Gasteiger partial charge in [-0.2, -0.15) is 26.3 Å². The Morgan fingerprint density at radius 2 is 1.08 bits per heavy atom. The lowest BCUT2D eigenvalue weighted by Gasteiger charge is -2.54. The minimum atomic E-state index is -4.74. The maximum atomic E-state index is 11.1. The molecule has 0 aromatic carbocycles. The molecular weight excluding hydrogens is 708 g/mol. The van der Waals surface area contributed by atoms with E-state index in [1.807, 2.05) is 14.2 Å². The molecule has 0 spiro atoms. The van der Waals surface area contributed by atoms with Crippen molar-refractivity contribution in [1.29, 1.82) is 0 Å². The van der Waals surface area contributed by atoms with Gasteiger partial charge in [0.15, 0.2) is 5.75 Å². The van der Waals surface area contributed by atoms with E-state index in [1.165, 1.54) is 51.4 Å². The van der Waals surface area contributed by atoms with Crippen LogP contribution in [0.4, 0.5) is 31.0 Å². The molecule has 0 saturated heterocycles. The molecule has 0 bridgehead atoms. The summed E-state index contributed by atoms with van der Waals surface area (Å²) >= 11 is 0. The van der Waals surface area contributed by atoms with Crippen LogP contribution >= 0.6 is 10.7 Å². The fourth-order valence-electron chi connectivity index (χ4n) is 5.03. The second-order valence-electron chi connectivity index (χ2n) is 10.1. The summed E-state index contributed by atoms with van der Waals surface area (Å²) in [4.78, 5) is 0. The molecule has 327 valence electrons. The minimum absolute atomic E-state index is 0. The van der Waals surface area contributed by atoms with Gasteiger partial charge >= 0.3 is 12.4 Å². The standard InChI is InChI=1S/C22H46O2.C3H5F3.C2H2ClF3O2S.9CH4.B.FH.H2.H/c1-9-13-15-17-19(5)21(6,18-16-14-10-2)22(12-4,24-8)20(11-3)23-7;1-2-3(4,5)6;3-9(7,8)1-2(4,5)6;;;;;;;;;;;;;/h19-20H,9-18H2,1-8H3;2H2,1H3;1H2;9*1H4;;2*1H;/q;;;;;;;;;;;;;;;-1/i;;;;;;;;;;;;;;1+1;. The molecule has 4 nitrogen and oxygen atoms in total. The maximum Gasteiger partial charge on any atom is 0.404 e. The van der Waals surface area contributed by atoms with E-state index in [4.69, 9.17) is 9.47 Å². The van der Waals surface area contributed by atoms with Crippen molar-refractivity contribution in [2.24, 2.45) is 11.3 Å². The fourth-order valence-corrected chi connectivity index (χ4v) is 5.79. The number of hydrogen-bond donors (Lipinski definition) is 0. The molecule has 14 heteroatoms. The van der Waals surface area contributed by atoms with Gasteiger partial charge in [-0.15, -0.1) is 0 Å². The number of methoxy groups -OCH3 is 2. The summed E-state index contributed by atoms with van der Waals surface area (Å²) < 4.78 is 97.3. The molecule has 4 atom stereocenters. The molecule has 0 aliphatic heterocycles. The first-order valence-corrected chi connectivity index (χ1v) is 16.3. The molecule has 0 aliphatic carbocycles. The third-order valence-electron chi connectivity index (χ3n) is 7.40. The molecule has 0 aromatic rings. The van der Waals surface area contributed by atoms with E-state index in [-0.39, 0.29) is 99.9 Å². The van der Waals surface area contributed by atoms with Crippen LogP contribution in [0.2, 0.25) is 0 Å². The monoisotopic (exact) mass is 802 g/mol. The van der Waals surface area contributed by atoms with Crippen molar-refractivity contribution >= 4 is 28.1 Å². The molecule has 0 saturated carbocycles. The zero-order valence-corrected chi connectivity index (χ0v) is 27.9. The van der Waals surface area contributed by atoms with Crippen LogP contribution in [0.3, 0.4) is 0 Å². The maximum absolute atomic E-state index is 11.1. The third kappa shape index (κ3) is 40.5. The molecule has 0 rings (SSSR count). The van der Waals surface area contributed by atoms with Gasteiger partial charge < -0.3 is 10.9 Å². The normalized spacial score (nSPS) is 13.3. The predicted octanol–water partition coefficient (Wildman–Crippen LogP) is 15.9. The van der Waals surface area contributed by atoms with Crippen LogP contribution in [-0.4, -0.2) is 60.9 Å². The Balaban J connectivity index is -0.0000000287. The predicted molar refractivity (Wildman–Crippen MR) is 221 cm³/mol. The van der Waals surface area contributed by atoms with E-state index >= 15 is 0 Å². The third-order valence-corrected chi connectivity index (χ3v) is 8.40. The van der Waals surface area contributed by atoms with Crippen LogP contribution in [0.5, 0.6) is 0 Å². The van der Waals surface area contributed by atoms with Gasteiger partial charge in [0.25, 0.3) is 0 Å². The highest BCUT2D eigenvalue weighted by Crippen LogP contribution is 2.51. The lowest BCUT2D eigenvalue weighted by atomic mass is 9.58. The summed E-state index contributed by atoms with van der Waals surface area (Å²) in [5, 5.41) is 0. The zero-order chi connectivity index (χ0) is 31.6. The molecule has 0 N–H and O–H groups in total. The van der Waals surface area contributed by atoms with Crippen molar-refractivity contribution in [1.82, 2.24) is 0 Å². The molecule has 0 amide bonds. The highest BCUT2D eigenvalue weighted by molar-refractivity contribution is 8.13. The van der Waals surface area contributed by atoms with Crippen LogP contribution in [0.25, 0.3) is 0 Å². The van der Waals surface area contributed by atoms with E-state index in [0.717, 1.165) is 19.8 Å². The summed E-state index contributed by atoms with van der Waals surface area (Å²) in [6, 6.07) is 0. The number of halogens is 8. The summed E-state index contributed by atoms with van der Waals surface area (Å²) in [5.74, 6) is -1.33. The molecule has 0 aliphatic rings. The van der Waals surface area contributed by atoms with E-state index in [2.05, 4.69) is 52.2 Å². The Hall–Kier alpha value is -0.265. The Bertz CT molecular complexity index is 720. The summed E-state index contributed by atoms with van der Waals surface area (Å²) in [6.45, 7) is 15.1. The minimum Gasteiger partial charge on any atom is -1.00 e. The average molecular weight is 802 g/mol. The van der Waals surface area contributed by atoms with Gasteiger partial charge in [0.05, 0.1) is 11.7 Å². The summed E-state index contributed by atoms with van der Waals surface area (Å²) in [6.07, 6.45) is 3.10. The van der Waals surface area contributed by atoms with Crippen LogP contribution in [0.1, 0.15) is 189 Å². The Labute approximate surface area is 320 Å². The Morgan fingerprint density at radius 1 is 0.720 bits per heavy atom. The van der Waals surface area contributed by atoms with Gasteiger partial charge in [0.1, 0.15) is 0 Å². The Morgan fingerprint density at radius 3 is 1.28 bits per heavy atom. The smallest absolute Gasteiger partial charge is 0.404 e. The largest absolute Gasteiger partial charge is 1.00 e. The van der Waals surface area contributed by atoms with Gasteiger partial charge in [0.2, 0.25) is 9.05 Å². The van der Waals surface area contributed by atoms with Crippen molar-refractivity contribution in [2.45, 2.75) is 210 Å². The number of unbranched alkanes of at least 4 members (excludes halogenated alkanes) is 4. The van der Waals surface area contributed by atoms with Crippen molar-refractivity contribution in [2.75, 3.05) is 20.0 Å². The van der Waals surface area contributed by atoms with E-state index in [0.29, 0.717) is 5.92 Å². The average Bonchev–Trinajstić information content (AvgIpc) is 2.80. The Kier molecular flexibility index (Phi) is 83.1. The van der Waals surface area contributed by atoms with E-state index < -0.39 is 33.6 Å². The van der Waals surface area contributed by atoms with Gasteiger partial charge in [-0.3, -0.25) is 4.70 Å². The molecule has 50 heavy (non-hydrogen) atoms. The van der Waals surface area contributed by atoms with Crippen LogP contribution in [0, 0.1) is 11.3 Å². The second-order valence-corrected chi connectivity index (χ2v) is 12.9. The van der Waals surface area contributed by atoms with Gasteiger partial charge in [-0.25, -0.2) is 8.42 Å². The van der Waals surface area contributed by atoms with Crippen LogP contribution < -0.4 is 0 Å². The van der Waals surface area contributed by atoms with Crippen molar-refractivity contribution < 1.29 is 51.8 Å². The molecular formula is C36H93BClF7O4S-. The molecule has 4 unspecified atom stereocenters. The van der Waals surface area contributed by atoms with Gasteiger partial charge in [-0.05, 0) is 25.2 Å². The lowest BCUT2D eigenvalue weighted by Crippen LogP contribution is -2.59. The van der Waals surface area contributed by atoms with Crippen molar-refractivity contribution in [3.63, 3.8) is 0 Å². The quantitative estimate of drug-likeness (QED) is 0.0675. The first-order valence-electron chi connectivity index (χ1n) is 13.8. The van der Waals surface area contributed by atoms with Gasteiger partial charge in [0, 0.05) is 46.6 Å². The first kappa shape index (κ1) is 92.5. The van der Waals surface area contributed by atoms with E-state index in [9.17, 15) is 34.8 Å².